The molecule has 0 aliphatic heterocycles. The van der Waals surface area contributed by atoms with Crippen molar-refractivity contribution < 1.29 is 14.0 Å². The predicted octanol–water partition coefficient (Wildman–Crippen LogP) is 5.29. The Labute approximate surface area is 169 Å². The van der Waals surface area contributed by atoms with Crippen molar-refractivity contribution in [1.29, 1.82) is 0 Å². The quantitative estimate of drug-likeness (QED) is 0.544. The third-order valence-electron chi connectivity index (χ3n) is 5.11. The number of halogens is 3. The predicted molar refractivity (Wildman–Crippen MR) is 104 cm³/mol. The van der Waals surface area contributed by atoms with Gasteiger partial charge in [-0.2, -0.15) is 5.10 Å². The highest BCUT2D eigenvalue weighted by Crippen LogP contribution is 2.43. The Kier molecular flexibility index (Phi) is 4.64. The molecule has 0 radical (unpaired) electrons. The molecule has 2 aromatic heterocycles. The number of hydrogen-bond donors (Lipinski definition) is 1. The van der Waals surface area contributed by atoms with Crippen LogP contribution in [-0.2, 0) is 5.33 Å². The van der Waals surface area contributed by atoms with Crippen LogP contribution in [0.2, 0.25) is 5.02 Å². The van der Waals surface area contributed by atoms with Crippen molar-refractivity contribution in [2.75, 3.05) is 0 Å². The second-order valence-electron chi connectivity index (χ2n) is 7.22. The Morgan fingerprint density at radius 2 is 2.19 bits per heavy atom. The van der Waals surface area contributed by atoms with Crippen LogP contribution in [0.5, 0.6) is 0 Å². The molecule has 27 heavy (non-hydrogen) atoms. The van der Waals surface area contributed by atoms with E-state index in [1.54, 1.807) is 18.3 Å². The number of alkyl halides is 1. The van der Waals surface area contributed by atoms with Gasteiger partial charge in [0.15, 0.2) is 5.76 Å². The first-order valence-electron chi connectivity index (χ1n) is 8.58. The molecular weight excluding hydrogens is 437 g/mol. The Balaban J connectivity index is 1.76. The van der Waals surface area contributed by atoms with Crippen LogP contribution in [0.15, 0.2) is 28.9 Å². The van der Waals surface area contributed by atoms with Crippen molar-refractivity contribution in [3.8, 4) is 22.6 Å². The van der Waals surface area contributed by atoms with Crippen molar-refractivity contribution in [3.63, 3.8) is 0 Å². The van der Waals surface area contributed by atoms with Gasteiger partial charge in [-0.25, -0.2) is 4.39 Å². The molecule has 0 bridgehead atoms. The molecule has 4 rings (SSSR count). The average molecular weight is 455 g/mol. The standard InChI is InChI=1S/C19H18BrClFN3O2/c1-10-13(9-23-25(10)11-6-19(2,26)7-11)18-12(8-20)17(24-27-18)16-14(21)4-3-5-15(16)22/h3-5,9,11,26H,6-8H2,1-2H3. The van der Waals surface area contributed by atoms with Crippen LogP contribution in [0.1, 0.15) is 37.1 Å². The molecule has 2 heterocycles. The second kappa shape index (κ2) is 6.72. The fraction of sp³-hybridized carbons (Fsp3) is 0.368. The van der Waals surface area contributed by atoms with E-state index in [1.807, 2.05) is 18.5 Å². The maximum absolute atomic E-state index is 14.4. The lowest BCUT2D eigenvalue weighted by molar-refractivity contribution is -0.0548. The molecule has 1 aromatic carbocycles. The number of benzene rings is 1. The Morgan fingerprint density at radius 1 is 1.44 bits per heavy atom. The number of nitrogens with zero attached hydrogens (tertiary/aromatic N) is 3. The Bertz CT molecular complexity index is 986. The highest BCUT2D eigenvalue weighted by atomic mass is 79.9. The third-order valence-corrected chi connectivity index (χ3v) is 5.98. The lowest BCUT2D eigenvalue weighted by Crippen LogP contribution is -2.42. The molecule has 3 aromatic rings. The molecule has 0 spiro atoms. The summed E-state index contributed by atoms with van der Waals surface area (Å²) < 4.78 is 21.9. The highest BCUT2D eigenvalue weighted by Gasteiger charge is 2.41. The molecule has 1 N–H and O–H groups in total. The van der Waals surface area contributed by atoms with Gasteiger partial charge < -0.3 is 9.63 Å². The normalized spacial score (nSPS) is 22.1. The summed E-state index contributed by atoms with van der Waals surface area (Å²) in [6.07, 6.45) is 3.04. The molecule has 0 amide bonds. The van der Waals surface area contributed by atoms with Crippen LogP contribution in [0, 0.1) is 12.7 Å². The van der Waals surface area contributed by atoms with Crippen molar-refractivity contribution in [3.05, 3.63) is 46.5 Å². The summed E-state index contributed by atoms with van der Waals surface area (Å²) in [4.78, 5) is 0. The lowest BCUT2D eigenvalue weighted by atomic mass is 9.77. The van der Waals surface area contributed by atoms with Gasteiger partial charge in [0.05, 0.1) is 34.0 Å². The van der Waals surface area contributed by atoms with E-state index in [2.05, 4.69) is 26.2 Å². The van der Waals surface area contributed by atoms with Crippen LogP contribution in [0.4, 0.5) is 4.39 Å². The summed E-state index contributed by atoms with van der Waals surface area (Å²) >= 11 is 9.66. The second-order valence-corrected chi connectivity index (χ2v) is 8.18. The topological polar surface area (TPSA) is 64.1 Å². The van der Waals surface area contributed by atoms with E-state index in [4.69, 9.17) is 16.1 Å². The Hall–Kier alpha value is -1.70. The van der Waals surface area contributed by atoms with Gasteiger partial charge in [0.1, 0.15) is 11.5 Å². The molecule has 0 unspecified atom stereocenters. The summed E-state index contributed by atoms with van der Waals surface area (Å²) in [5.41, 5.74) is 2.39. The van der Waals surface area contributed by atoms with E-state index in [-0.39, 0.29) is 16.6 Å². The summed E-state index contributed by atoms with van der Waals surface area (Å²) in [6.45, 7) is 3.78. The van der Waals surface area contributed by atoms with Gasteiger partial charge in [-0.15, -0.1) is 0 Å². The fourth-order valence-electron chi connectivity index (χ4n) is 3.71. The van der Waals surface area contributed by atoms with E-state index in [1.165, 1.54) is 6.07 Å². The molecule has 5 nitrogen and oxygen atoms in total. The zero-order valence-corrected chi connectivity index (χ0v) is 17.2. The zero-order chi connectivity index (χ0) is 19.3. The first kappa shape index (κ1) is 18.7. The van der Waals surface area contributed by atoms with Gasteiger partial charge in [-0.3, -0.25) is 4.68 Å². The maximum atomic E-state index is 14.4. The zero-order valence-electron chi connectivity index (χ0n) is 14.8. The smallest absolute Gasteiger partial charge is 0.174 e. The van der Waals surface area contributed by atoms with Gasteiger partial charge in [0.2, 0.25) is 0 Å². The van der Waals surface area contributed by atoms with E-state index in [9.17, 15) is 9.50 Å². The van der Waals surface area contributed by atoms with Crippen LogP contribution in [0.25, 0.3) is 22.6 Å². The summed E-state index contributed by atoms with van der Waals surface area (Å²) in [5.74, 6) is 0.0877. The first-order chi connectivity index (χ1) is 12.8. The van der Waals surface area contributed by atoms with E-state index in [0.717, 1.165) is 11.3 Å². The minimum Gasteiger partial charge on any atom is -0.390 e. The lowest BCUT2D eigenvalue weighted by Gasteiger charge is -2.41. The molecule has 1 saturated carbocycles. The highest BCUT2D eigenvalue weighted by molar-refractivity contribution is 9.08. The number of rotatable bonds is 4. The van der Waals surface area contributed by atoms with Gasteiger partial charge in [0.25, 0.3) is 0 Å². The van der Waals surface area contributed by atoms with E-state index >= 15 is 0 Å². The van der Waals surface area contributed by atoms with Crippen LogP contribution in [0.3, 0.4) is 0 Å². The van der Waals surface area contributed by atoms with Crippen LogP contribution >= 0.6 is 27.5 Å². The summed E-state index contributed by atoms with van der Waals surface area (Å²) in [5, 5.41) is 19.3. The molecule has 142 valence electrons. The van der Waals surface area contributed by atoms with Gasteiger partial charge >= 0.3 is 0 Å². The van der Waals surface area contributed by atoms with Crippen LogP contribution < -0.4 is 0 Å². The molecule has 1 aliphatic rings. The maximum Gasteiger partial charge on any atom is 0.174 e. The summed E-state index contributed by atoms with van der Waals surface area (Å²) in [7, 11) is 0. The molecule has 0 atom stereocenters. The van der Waals surface area contributed by atoms with Gasteiger partial charge in [-0.1, -0.05) is 38.8 Å². The molecular formula is C19H18BrClFN3O2. The largest absolute Gasteiger partial charge is 0.390 e. The van der Waals surface area contributed by atoms with Crippen LogP contribution in [-0.4, -0.2) is 25.6 Å². The fourth-order valence-corrected chi connectivity index (χ4v) is 4.48. The Morgan fingerprint density at radius 3 is 2.81 bits per heavy atom. The number of aromatic nitrogens is 3. The molecule has 0 saturated heterocycles. The van der Waals surface area contributed by atoms with Crippen molar-refractivity contribution in [1.82, 2.24) is 14.9 Å². The minimum absolute atomic E-state index is 0.157. The van der Waals surface area contributed by atoms with Crippen molar-refractivity contribution >= 4 is 27.5 Å². The first-order valence-corrected chi connectivity index (χ1v) is 10.1. The SMILES string of the molecule is Cc1c(-c2onc(-c3c(F)cccc3Cl)c2CBr)cnn1C1CC(C)(O)C1. The third kappa shape index (κ3) is 3.11. The summed E-state index contributed by atoms with van der Waals surface area (Å²) in [6, 6.07) is 4.68. The van der Waals surface area contributed by atoms with Gasteiger partial charge in [0, 0.05) is 16.6 Å². The monoisotopic (exact) mass is 453 g/mol. The number of aliphatic hydroxyl groups is 1. The average Bonchev–Trinajstić information content (AvgIpc) is 3.15. The van der Waals surface area contributed by atoms with Gasteiger partial charge in [-0.05, 0) is 38.8 Å². The minimum atomic E-state index is -0.634. The number of hydrogen-bond acceptors (Lipinski definition) is 4. The molecule has 1 fully saturated rings. The van der Waals surface area contributed by atoms with E-state index < -0.39 is 11.4 Å². The molecule has 8 heteroatoms. The molecule has 1 aliphatic carbocycles. The van der Waals surface area contributed by atoms with Crippen molar-refractivity contribution in [2.24, 2.45) is 0 Å². The van der Waals surface area contributed by atoms with E-state index in [0.29, 0.717) is 35.2 Å². The van der Waals surface area contributed by atoms with Crippen molar-refractivity contribution in [2.45, 2.75) is 43.7 Å².